The van der Waals surface area contributed by atoms with Crippen LogP contribution in [0.4, 0.5) is 0 Å². The van der Waals surface area contributed by atoms with Gasteiger partial charge in [0.05, 0.1) is 12.1 Å². The normalized spacial score (nSPS) is 10.3. The lowest BCUT2D eigenvalue weighted by molar-refractivity contribution is 0.0946. The van der Waals surface area contributed by atoms with Gasteiger partial charge in [-0.1, -0.05) is 0 Å². The van der Waals surface area contributed by atoms with E-state index in [9.17, 15) is 15.0 Å². The van der Waals surface area contributed by atoms with Gasteiger partial charge in [-0.2, -0.15) is 5.10 Å². The first-order valence-electron chi connectivity index (χ1n) is 5.21. The molecule has 0 spiro atoms. The van der Waals surface area contributed by atoms with Crippen molar-refractivity contribution >= 4 is 5.91 Å². The molecule has 0 bridgehead atoms. The molecule has 1 aromatic carbocycles. The summed E-state index contributed by atoms with van der Waals surface area (Å²) in [5.74, 6) is -0.325. The molecule has 0 unspecified atom stereocenters. The highest BCUT2D eigenvalue weighted by molar-refractivity contribution is 5.97. The van der Waals surface area contributed by atoms with E-state index in [1.165, 1.54) is 29.2 Å². The van der Waals surface area contributed by atoms with Gasteiger partial charge >= 0.3 is 0 Å². The molecular weight excluding hydrogens is 236 g/mol. The van der Waals surface area contributed by atoms with Gasteiger partial charge in [0, 0.05) is 7.05 Å². The van der Waals surface area contributed by atoms with Gasteiger partial charge < -0.3 is 15.5 Å². The Morgan fingerprint density at radius 1 is 1.44 bits per heavy atom. The zero-order chi connectivity index (χ0) is 13.1. The van der Waals surface area contributed by atoms with E-state index in [1.54, 1.807) is 7.05 Å². The predicted molar refractivity (Wildman–Crippen MR) is 61.9 cm³/mol. The van der Waals surface area contributed by atoms with Crippen LogP contribution in [0, 0.1) is 0 Å². The number of benzene rings is 1. The van der Waals surface area contributed by atoms with Crippen molar-refractivity contribution in [1.29, 1.82) is 0 Å². The van der Waals surface area contributed by atoms with Crippen molar-refractivity contribution in [3.63, 3.8) is 0 Å². The van der Waals surface area contributed by atoms with Crippen LogP contribution in [0.25, 0.3) is 0 Å². The minimum atomic E-state index is -0.504. The number of phenolic OH excluding ortho intramolecular Hbond substituents is 2. The second-order valence-corrected chi connectivity index (χ2v) is 3.72. The van der Waals surface area contributed by atoms with Crippen molar-refractivity contribution in [2.45, 2.75) is 6.54 Å². The van der Waals surface area contributed by atoms with Crippen LogP contribution in [0.1, 0.15) is 16.2 Å². The second kappa shape index (κ2) is 4.74. The van der Waals surface area contributed by atoms with Gasteiger partial charge in [0.15, 0.2) is 5.82 Å². The number of carbonyl (C=O) groups excluding carboxylic acids is 1. The highest BCUT2D eigenvalue weighted by Crippen LogP contribution is 2.21. The summed E-state index contributed by atoms with van der Waals surface area (Å²) < 4.78 is 1.52. The molecule has 7 heteroatoms. The summed E-state index contributed by atoms with van der Waals surface area (Å²) in [4.78, 5) is 15.7. The van der Waals surface area contributed by atoms with Crippen molar-refractivity contribution < 1.29 is 15.0 Å². The van der Waals surface area contributed by atoms with Crippen LogP contribution in [-0.4, -0.2) is 30.9 Å². The zero-order valence-corrected chi connectivity index (χ0v) is 9.66. The third-order valence-corrected chi connectivity index (χ3v) is 2.28. The molecule has 94 valence electrons. The SMILES string of the molecule is Cn1cnc(CNC(=O)c2cc(O)ccc2O)n1. The number of aromatic hydroxyl groups is 2. The lowest BCUT2D eigenvalue weighted by Gasteiger charge is -2.05. The minimum Gasteiger partial charge on any atom is -0.508 e. The Labute approximate surface area is 103 Å². The number of carbonyl (C=O) groups is 1. The van der Waals surface area contributed by atoms with Crippen LogP contribution in [0.5, 0.6) is 11.5 Å². The molecule has 1 amide bonds. The Bertz CT molecular complexity index is 579. The first-order valence-corrected chi connectivity index (χ1v) is 5.21. The highest BCUT2D eigenvalue weighted by Gasteiger charge is 2.12. The van der Waals surface area contributed by atoms with Crippen LogP contribution in [0.15, 0.2) is 24.5 Å². The van der Waals surface area contributed by atoms with Crippen LogP contribution in [-0.2, 0) is 13.6 Å². The van der Waals surface area contributed by atoms with E-state index in [-0.39, 0.29) is 23.6 Å². The topological polar surface area (TPSA) is 100 Å². The molecule has 0 saturated carbocycles. The van der Waals surface area contributed by atoms with Gasteiger partial charge in [-0.15, -0.1) is 0 Å². The van der Waals surface area contributed by atoms with Crippen molar-refractivity contribution in [1.82, 2.24) is 20.1 Å². The monoisotopic (exact) mass is 248 g/mol. The van der Waals surface area contributed by atoms with Gasteiger partial charge in [0.25, 0.3) is 5.91 Å². The Balaban J connectivity index is 2.05. The molecule has 3 N–H and O–H groups in total. The highest BCUT2D eigenvalue weighted by atomic mass is 16.3. The number of aryl methyl sites for hydroxylation is 1. The molecule has 0 atom stereocenters. The molecule has 0 aliphatic rings. The minimum absolute atomic E-state index is 0.00549. The summed E-state index contributed by atoms with van der Waals surface area (Å²) in [5, 5.41) is 25.3. The number of aromatic nitrogens is 3. The van der Waals surface area contributed by atoms with E-state index in [4.69, 9.17) is 0 Å². The van der Waals surface area contributed by atoms with Crippen LogP contribution < -0.4 is 5.32 Å². The van der Waals surface area contributed by atoms with Gasteiger partial charge in [-0.25, -0.2) is 4.98 Å². The third-order valence-electron chi connectivity index (χ3n) is 2.28. The van der Waals surface area contributed by atoms with Crippen molar-refractivity contribution in [3.8, 4) is 11.5 Å². The quantitative estimate of drug-likeness (QED) is 0.672. The maximum Gasteiger partial charge on any atom is 0.255 e. The fourth-order valence-electron chi connectivity index (χ4n) is 1.43. The fraction of sp³-hybridized carbons (Fsp3) is 0.182. The van der Waals surface area contributed by atoms with Gasteiger partial charge in [-0.3, -0.25) is 9.48 Å². The predicted octanol–water partition coefficient (Wildman–Crippen LogP) is 0.156. The molecule has 0 radical (unpaired) electrons. The first-order chi connectivity index (χ1) is 8.56. The van der Waals surface area contributed by atoms with Gasteiger partial charge in [-0.05, 0) is 18.2 Å². The van der Waals surface area contributed by atoms with E-state index < -0.39 is 5.91 Å². The van der Waals surface area contributed by atoms with Crippen molar-refractivity contribution in [2.75, 3.05) is 0 Å². The summed E-state index contributed by atoms with van der Waals surface area (Å²) in [6.45, 7) is 0.148. The maximum atomic E-state index is 11.8. The largest absolute Gasteiger partial charge is 0.508 e. The summed E-state index contributed by atoms with van der Waals surface area (Å²) in [6.07, 6.45) is 1.52. The molecular formula is C11H12N4O3. The number of hydrogen-bond acceptors (Lipinski definition) is 5. The molecule has 0 fully saturated rings. The molecule has 2 rings (SSSR count). The summed E-state index contributed by atoms with van der Waals surface area (Å²) in [5.41, 5.74) is 0.00549. The van der Waals surface area contributed by atoms with E-state index in [0.717, 1.165) is 0 Å². The van der Waals surface area contributed by atoms with Crippen molar-refractivity contribution in [3.05, 3.63) is 35.9 Å². The number of nitrogens with one attached hydrogen (secondary N) is 1. The van der Waals surface area contributed by atoms with Crippen LogP contribution >= 0.6 is 0 Å². The van der Waals surface area contributed by atoms with E-state index in [1.807, 2.05) is 0 Å². The molecule has 7 nitrogen and oxygen atoms in total. The zero-order valence-electron chi connectivity index (χ0n) is 9.66. The Hall–Kier alpha value is -2.57. The van der Waals surface area contributed by atoms with Crippen molar-refractivity contribution in [2.24, 2.45) is 7.05 Å². The Morgan fingerprint density at radius 2 is 2.22 bits per heavy atom. The molecule has 0 saturated heterocycles. The average Bonchev–Trinajstić information content (AvgIpc) is 2.75. The number of amides is 1. The lowest BCUT2D eigenvalue weighted by atomic mass is 10.2. The maximum absolute atomic E-state index is 11.8. The third kappa shape index (κ3) is 2.57. The van der Waals surface area contributed by atoms with Gasteiger partial charge in [0.2, 0.25) is 0 Å². The molecule has 0 aliphatic heterocycles. The lowest BCUT2D eigenvalue weighted by Crippen LogP contribution is -2.23. The van der Waals surface area contributed by atoms with Gasteiger partial charge in [0.1, 0.15) is 17.8 Å². The molecule has 0 aliphatic carbocycles. The number of hydrogen-bond donors (Lipinski definition) is 3. The van der Waals surface area contributed by atoms with E-state index >= 15 is 0 Å². The number of rotatable bonds is 3. The smallest absolute Gasteiger partial charge is 0.255 e. The second-order valence-electron chi connectivity index (χ2n) is 3.72. The summed E-state index contributed by atoms with van der Waals surface area (Å²) >= 11 is 0. The van der Waals surface area contributed by atoms with Crippen LogP contribution in [0.3, 0.4) is 0 Å². The van der Waals surface area contributed by atoms with E-state index in [2.05, 4.69) is 15.4 Å². The first kappa shape index (κ1) is 11.9. The summed E-state index contributed by atoms with van der Waals surface area (Å²) in [6, 6.07) is 3.74. The number of nitrogens with zero attached hydrogens (tertiary/aromatic N) is 3. The number of phenols is 2. The molecule has 2 aromatic rings. The average molecular weight is 248 g/mol. The molecule has 18 heavy (non-hydrogen) atoms. The molecule has 1 heterocycles. The fourth-order valence-corrected chi connectivity index (χ4v) is 1.43. The molecule has 1 aromatic heterocycles. The Morgan fingerprint density at radius 3 is 2.89 bits per heavy atom. The standard InChI is InChI=1S/C11H12N4O3/c1-15-6-13-10(14-15)5-12-11(18)8-4-7(16)2-3-9(8)17/h2-4,6,16-17H,5H2,1H3,(H,12,18). The summed E-state index contributed by atoms with van der Waals surface area (Å²) in [7, 11) is 1.72. The Kier molecular flexibility index (Phi) is 3.13. The van der Waals surface area contributed by atoms with Crippen LogP contribution in [0.2, 0.25) is 0 Å². The van der Waals surface area contributed by atoms with E-state index in [0.29, 0.717) is 5.82 Å².